The number of ether oxygens (including phenoxy) is 1. The summed E-state index contributed by atoms with van der Waals surface area (Å²) in [5.41, 5.74) is 5.95. The number of fused-ring (bicyclic) bond motifs is 1. The number of anilines is 1. The minimum absolute atomic E-state index is 0.187. The molecule has 9 heteroatoms. The average Bonchev–Trinajstić information content (AvgIpc) is 3.08. The zero-order valence-corrected chi connectivity index (χ0v) is 19.0. The molecule has 0 radical (unpaired) electrons. The largest absolute Gasteiger partial charge is 0.383 e. The monoisotopic (exact) mass is 486 g/mol. The van der Waals surface area contributed by atoms with E-state index in [1.165, 1.54) is 11.8 Å². The lowest BCUT2D eigenvalue weighted by atomic mass is 10.1. The summed E-state index contributed by atoms with van der Waals surface area (Å²) in [5, 5.41) is 6.07. The molecular formula is C22H23BrN4O4. The van der Waals surface area contributed by atoms with Gasteiger partial charge < -0.3 is 15.4 Å². The number of aryl methyl sites for hydroxylation is 1. The second-order valence-corrected chi connectivity index (χ2v) is 7.88. The average molecular weight is 487 g/mol. The number of carbonyl (C=O) groups is 3. The van der Waals surface area contributed by atoms with Gasteiger partial charge in [0.25, 0.3) is 5.91 Å². The first-order valence-corrected chi connectivity index (χ1v) is 10.4. The number of halogens is 1. The first kappa shape index (κ1) is 22.5. The van der Waals surface area contributed by atoms with E-state index in [4.69, 9.17) is 4.74 Å². The van der Waals surface area contributed by atoms with Crippen LogP contribution in [0, 0.1) is 13.8 Å². The maximum Gasteiger partial charge on any atom is 0.328 e. The van der Waals surface area contributed by atoms with Crippen LogP contribution < -0.4 is 16.1 Å². The molecule has 0 aliphatic heterocycles. The van der Waals surface area contributed by atoms with Crippen molar-refractivity contribution in [2.45, 2.75) is 13.8 Å². The summed E-state index contributed by atoms with van der Waals surface area (Å²) in [5.74, 6) is -2.13. The highest BCUT2D eigenvalue weighted by Crippen LogP contribution is 2.25. The quantitative estimate of drug-likeness (QED) is 0.368. The Morgan fingerprint density at radius 3 is 2.58 bits per heavy atom. The lowest BCUT2D eigenvalue weighted by Gasteiger charge is -2.14. The summed E-state index contributed by atoms with van der Waals surface area (Å²) < 4.78 is 7.00. The predicted molar refractivity (Wildman–Crippen MR) is 123 cm³/mol. The van der Waals surface area contributed by atoms with Crippen molar-refractivity contribution < 1.29 is 19.1 Å². The Bertz CT molecular complexity index is 1160. The second-order valence-electron chi connectivity index (χ2n) is 6.96. The molecular weight excluding hydrogens is 464 g/mol. The van der Waals surface area contributed by atoms with Crippen molar-refractivity contribution in [3.8, 4) is 0 Å². The van der Waals surface area contributed by atoms with Gasteiger partial charge in [0.15, 0.2) is 0 Å². The SMILES string of the molecule is COCCNC(=O)C(=O)Nn1c(C(=O)Nc2cccc(C)c2C)cc2cc(Br)ccc21. The van der Waals surface area contributed by atoms with E-state index >= 15 is 0 Å². The third-order valence-corrected chi connectivity index (χ3v) is 5.35. The number of hydrogen-bond acceptors (Lipinski definition) is 4. The molecule has 1 heterocycles. The molecule has 0 bridgehead atoms. The minimum Gasteiger partial charge on any atom is -0.383 e. The third kappa shape index (κ3) is 5.12. The number of carbonyl (C=O) groups excluding carboxylic acids is 3. The predicted octanol–water partition coefficient (Wildman–Crippen LogP) is 3.11. The van der Waals surface area contributed by atoms with E-state index in [2.05, 4.69) is 32.0 Å². The van der Waals surface area contributed by atoms with E-state index in [1.807, 2.05) is 38.1 Å². The molecule has 0 unspecified atom stereocenters. The molecule has 0 fully saturated rings. The highest BCUT2D eigenvalue weighted by molar-refractivity contribution is 9.10. The van der Waals surface area contributed by atoms with Gasteiger partial charge in [0, 0.05) is 29.2 Å². The second kappa shape index (κ2) is 9.76. The molecule has 0 atom stereocenters. The van der Waals surface area contributed by atoms with E-state index in [1.54, 1.807) is 18.2 Å². The Morgan fingerprint density at radius 1 is 1.06 bits per heavy atom. The van der Waals surface area contributed by atoms with Crippen LogP contribution in [0.25, 0.3) is 10.9 Å². The smallest absolute Gasteiger partial charge is 0.328 e. The van der Waals surface area contributed by atoms with Crippen LogP contribution in [-0.2, 0) is 14.3 Å². The summed E-state index contributed by atoms with van der Waals surface area (Å²) in [7, 11) is 1.50. The van der Waals surface area contributed by atoms with Crippen LogP contribution in [0.2, 0.25) is 0 Å². The van der Waals surface area contributed by atoms with Crippen LogP contribution in [0.15, 0.2) is 46.9 Å². The van der Waals surface area contributed by atoms with Crippen molar-refractivity contribution in [2.75, 3.05) is 31.0 Å². The van der Waals surface area contributed by atoms with Gasteiger partial charge in [-0.3, -0.25) is 19.8 Å². The molecule has 1 aromatic heterocycles. The first-order valence-electron chi connectivity index (χ1n) is 9.58. The highest BCUT2D eigenvalue weighted by Gasteiger charge is 2.21. The lowest BCUT2D eigenvalue weighted by Crippen LogP contribution is -2.40. The Morgan fingerprint density at radius 2 is 1.84 bits per heavy atom. The fourth-order valence-corrected chi connectivity index (χ4v) is 3.42. The number of hydrogen-bond donors (Lipinski definition) is 3. The molecule has 0 aliphatic carbocycles. The zero-order chi connectivity index (χ0) is 22.5. The van der Waals surface area contributed by atoms with Crippen molar-refractivity contribution >= 4 is 50.2 Å². The van der Waals surface area contributed by atoms with E-state index in [-0.39, 0.29) is 18.8 Å². The van der Waals surface area contributed by atoms with Crippen LogP contribution >= 0.6 is 15.9 Å². The molecule has 31 heavy (non-hydrogen) atoms. The van der Waals surface area contributed by atoms with Gasteiger partial charge in [-0.2, -0.15) is 0 Å². The van der Waals surface area contributed by atoms with Crippen molar-refractivity contribution in [1.82, 2.24) is 9.99 Å². The van der Waals surface area contributed by atoms with Crippen molar-refractivity contribution in [3.63, 3.8) is 0 Å². The normalized spacial score (nSPS) is 10.7. The van der Waals surface area contributed by atoms with Gasteiger partial charge in [-0.1, -0.05) is 28.1 Å². The number of rotatable bonds is 6. The van der Waals surface area contributed by atoms with Gasteiger partial charge in [0.2, 0.25) is 0 Å². The molecule has 8 nitrogen and oxygen atoms in total. The van der Waals surface area contributed by atoms with E-state index < -0.39 is 17.7 Å². The van der Waals surface area contributed by atoms with Crippen molar-refractivity contribution in [3.05, 3.63) is 63.8 Å². The number of methoxy groups -OCH3 is 1. The van der Waals surface area contributed by atoms with E-state index in [0.29, 0.717) is 11.2 Å². The van der Waals surface area contributed by atoms with Crippen LogP contribution in [0.4, 0.5) is 5.69 Å². The van der Waals surface area contributed by atoms with Crippen LogP contribution in [0.5, 0.6) is 0 Å². The first-order chi connectivity index (χ1) is 14.8. The molecule has 3 amide bonds. The van der Waals surface area contributed by atoms with Gasteiger partial charge in [0.05, 0.1) is 12.1 Å². The summed E-state index contributed by atoms with van der Waals surface area (Å²) in [6.45, 7) is 4.36. The number of nitrogens with one attached hydrogen (secondary N) is 3. The molecule has 0 spiro atoms. The number of nitrogens with zero attached hydrogens (tertiary/aromatic N) is 1. The van der Waals surface area contributed by atoms with Crippen LogP contribution in [0.1, 0.15) is 21.6 Å². The molecule has 0 aliphatic rings. The van der Waals surface area contributed by atoms with Gasteiger partial charge in [0.1, 0.15) is 5.69 Å². The van der Waals surface area contributed by atoms with Crippen LogP contribution in [0.3, 0.4) is 0 Å². The highest BCUT2D eigenvalue weighted by atomic mass is 79.9. The number of benzene rings is 2. The Hall–Kier alpha value is -3.17. The number of aromatic nitrogens is 1. The zero-order valence-electron chi connectivity index (χ0n) is 17.4. The molecule has 3 aromatic rings. The summed E-state index contributed by atoms with van der Waals surface area (Å²) >= 11 is 3.41. The molecule has 162 valence electrons. The molecule has 2 aromatic carbocycles. The Kier molecular flexibility index (Phi) is 7.09. The Labute approximate surface area is 188 Å². The fraction of sp³-hybridized carbons (Fsp3) is 0.227. The molecule has 3 rings (SSSR count). The summed E-state index contributed by atoms with van der Waals surface area (Å²) in [6, 6.07) is 12.6. The lowest BCUT2D eigenvalue weighted by molar-refractivity contribution is -0.136. The maximum atomic E-state index is 13.1. The van der Waals surface area contributed by atoms with Crippen molar-refractivity contribution in [2.24, 2.45) is 0 Å². The van der Waals surface area contributed by atoms with E-state index in [0.717, 1.165) is 21.0 Å². The molecule has 0 saturated heterocycles. The minimum atomic E-state index is -0.891. The van der Waals surface area contributed by atoms with Gasteiger partial charge in [-0.25, -0.2) is 4.68 Å². The van der Waals surface area contributed by atoms with Gasteiger partial charge in [-0.15, -0.1) is 0 Å². The number of amides is 3. The summed E-state index contributed by atoms with van der Waals surface area (Å²) in [6.07, 6.45) is 0. The summed E-state index contributed by atoms with van der Waals surface area (Å²) in [4.78, 5) is 37.6. The standard InChI is InChI=1S/C22H23BrN4O4/c1-13-5-4-6-17(14(13)2)25-20(28)19-12-15-11-16(23)7-8-18(15)27(19)26-22(30)21(29)24-9-10-31-3/h4-8,11-12H,9-10H2,1-3H3,(H,24,29)(H,25,28)(H,26,30). The van der Waals surface area contributed by atoms with Gasteiger partial charge in [-0.05, 0) is 55.3 Å². The van der Waals surface area contributed by atoms with E-state index in [9.17, 15) is 14.4 Å². The van der Waals surface area contributed by atoms with Gasteiger partial charge >= 0.3 is 11.8 Å². The van der Waals surface area contributed by atoms with Crippen LogP contribution in [-0.4, -0.2) is 42.7 Å². The molecule has 3 N–H and O–H groups in total. The van der Waals surface area contributed by atoms with Crippen molar-refractivity contribution in [1.29, 1.82) is 0 Å². The topological polar surface area (TPSA) is 101 Å². The third-order valence-electron chi connectivity index (χ3n) is 4.86. The molecule has 0 saturated carbocycles. The fourth-order valence-electron chi connectivity index (χ4n) is 3.05. The Balaban J connectivity index is 1.93. The maximum absolute atomic E-state index is 13.1.